The number of carbonyl (C=O) groups is 1. The van der Waals surface area contributed by atoms with Crippen LogP contribution in [-0.4, -0.2) is 11.1 Å². The van der Waals surface area contributed by atoms with E-state index in [2.05, 4.69) is 0 Å². The lowest BCUT2D eigenvalue weighted by atomic mass is 10.0. The van der Waals surface area contributed by atoms with Gasteiger partial charge in [0.2, 0.25) is 0 Å². The molecular weight excluding hydrogens is 183 g/mol. The van der Waals surface area contributed by atoms with Crippen molar-refractivity contribution in [3.05, 3.63) is 41.7 Å². The van der Waals surface area contributed by atoms with E-state index in [1.807, 2.05) is 6.92 Å². The highest BCUT2D eigenvalue weighted by molar-refractivity contribution is 5.89. The molecule has 2 nitrogen and oxygen atoms in total. The monoisotopic (exact) mass is 194 g/mol. The van der Waals surface area contributed by atoms with Crippen molar-refractivity contribution in [1.82, 2.24) is 0 Å². The lowest BCUT2D eigenvalue weighted by Gasteiger charge is -2.03. The van der Waals surface area contributed by atoms with E-state index < -0.39 is 5.97 Å². The van der Waals surface area contributed by atoms with Crippen LogP contribution >= 0.6 is 0 Å². The number of rotatable bonds is 3. The molecule has 0 atom stereocenters. The van der Waals surface area contributed by atoms with Gasteiger partial charge >= 0.3 is 5.97 Å². The Morgan fingerprint density at radius 1 is 1.57 bits per heavy atom. The maximum Gasteiger partial charge on any atom is 0.328 e. The third kappa shape index (κ3) is 2.69. The average molecular weight is 194 g/mol. The molecule has 0 fully saturated rings. The van der Waals surface area contributed by atoms with E-state index in [9.17, 15) is 9.18 Å². The maximum absolute atomic E-state index is 12.8. The highest BCUT2D eigenvalue weighted by Gasteiger charge is 2.02. The normalized spacial score (nSPS) is 11.4. The van der Waals surface area contributed by atoms with Gasteiger partial charge in [0.25, 0.3) is 0 Å². The number of aliphatic carboxylic acids is 1. The molecule has 0 saturated heterocycles. The van der Waals surface area contributed by atoms with Crippen LogP contribution in [0.5, 0.6) is 0 Å². The maximum atomic E-state index is 12.8. The van der Waals surface area contributed by atoms with E-state index in [0.29, 0.717) is 17.6 Å². The fourth-order valence-electron chi connectivity index (χ4n) is 1.23. The average Bonchev–Trinajstić information content (AvgIpc) is 2.14. The second-order valence-electron chi connectivity index (χ2n) is 2.87. The highest BCUT2D eigenvalue weighted by atomic mass is 19.1. The predicted molar refractivity (Wildman–Crippen MR) is 52.3 cm³/mol. The summed E-state index contributed by atoms with van der Waals surface area (Å²) in [6, 6.07) is 5.92. The fourth-order valence-corrected chi connectivity index (χ4v) is 1.23. The molecule has 0 heterocycles. The number of hydrogen-bond donors (Lipinski definition) is 1. The van der Waals surface area contributed by atoms with Crippen molar-refractivity contribution in [1.29, 1.82) is 0 Å². The third-order valence-electron chi connectivity index (χ3n) is 1.87. The lowest BCUT2D eigenvalue weighted by molar-refractivity contribution is -0.131. The minimum Gasteiger partial charge on any atom is -0.478 e. The molecule has 0 saturated carbocycles. The summed E-state index contributed by atoms with van der Waals surface area (Å²) in [7, 11) is 0. The molecule has 1 rings (SSSR count). The van der Waals surface area contributed by atoms with Gasteiger partial charge in [-0.1, -0.05) is 19.1 Å². The van der Waals surface area contributed by atoms with Crippen LogP contribution in [0, 0.1) is 5.82 Å². The Morgan fingerprint density at radius 2 is 2.29 bits per heavy atom. The van der Waals surface area contributed by atoms with E-state index in [-0.39, 0.29) is 5.82 Å². The molecule has 0 aliphatic heterocycles. The smallest absolute Gasteiger partial charge is 0.328 e. The Labute approximate surface area is 81.7 Å². The van der Waals surface area contributed by atoms with Crippen LogP contribution in [0.15, 0.2) is 30.3 Å². The summed E-state index contributed by atoms with van der Waals surface area (Å²) in [4.78, 5) is 10.5. The molecule has 3 heteroatoms. The Bertz CT molecular complexity index is 369. The van der Waals surface area contributed by atoms with Crippen LogP contribution in [0.4, 0.5) is 4.39 Å². The zero-order chi connectivity index (χ0) is 10.6. The standard InChI is InChI=1S/C11H11FO2/c1-2-8(7-11(13)14)9-4-3-5-10(12)6-9/h3-7H,2H2,1H3,(H,13,14)/b8-7+. The molecule has 0 unspecified atom stereocenters. The zero-order valence-corrected chi connectivity index (χ0v) is 7.83. The van der Waals surface area contributed by atoms with Gasteiger partial charge in [-0.15, -0.1) is 0 Å². The predicted octanol–water partition coefficient (Wildman–Crippen LogP) is 2.70. The summed E-state index contributed by atoms with van der Waals surface area (Å²) in [6.45, 7) is 1.83. The molecule has 1 aromatic carbocycles. The SMILES string of the molecule is CC/C(=C\C(=O)O)c1cccc(F)c1. The van der Waals surface area contributed by atoms with Crippen LogP contribution in [0.25, 0.3) is 5.57 Å². The molecule has 0 aliphatic carbocycles. The van der Waals surface area contributed by atoms with E-state index >= 15 is 0 Å². The van der Waals surface area contributed by atoms with E-state index in [0.717, 1.165) is 6.08 Å². The van der Waals surface area contributed by atoms with Gasteiger partial charge in [-0.3, -0.25) is 0 Å². The molecule has 0 amide bonds. The number of carboxylic acids is 1. The van der Waals surface area contributed by atoms with E-state index in [1.165, 1.54) is 12.1 Å². The van der Waals surface area contributed by atoms with Crippen LogP contribution in [0.1, 0.15) is 18.9 Å². The Hall–Kier alpha value is -1.64. The van der Waals surface area contributed by atoms with E-state index in [1.54, 1.807) is 12.1 Å². The first-order valence-corrected chi connectivity index (χ1v) is 4.33. The Morgan fingerprint density at radius 3 is 2.79 bits per heavy atom. The quantitative estimate of drug-likeness (QED) is 0.751. The molecule has 0 bridgehead atoms. The van der Waals surface area contributed by atoms with Crippen LogP contribution < -0.4 is 0 Å². The topological polar surface area (TPSA) is 37.3 Å². The highest BCUT2D eigenvalue weighted by Crippen LogP contribution is 2.18. The van der Waals surface area contributed by atoms with Crippen molar-refractivity contribution in [2.75, 3.05) is 0 Å². The first-order chi connectivity index (χ1) is 6.63. The molecule has 0 radical (unpaired) electrons. The van der Waals surface area contributed by atoms with Gasteiger partial charge in [-0.05, 0) is 29.7 Å². The zero-order valence-electron chi connectivity index (χ0n) is 7.83. The minimum atomic E-state index is -1.01. The number of halogens is 1. The van der Waals surface area contributed by atoms with Gasteiger partial charge in [0.05, 0.1) is 0 Å². The molecule has 74 valence electrons. The molecular formula is C11H11FO2. The van der Waals surface area contributed by atoms with Crippen LogP contribution in [0.3, 0.4) is 0 Å². The Balaban J connectivity index is 3.07. The summed E-state index contributed by atoms with van der Waals surface area (Å²) >= 11 is 0. The number of hydrogen-bond acceptors (Lipinski definition) is 1. The Kier molecular flexibility index (Phi) is 3.40. The summed E-state index contributed by atoms with van der Waals surface area (Å²) in [5.74, 6) is -1.36. The van der Waals surface area contributed by atoms with Crippen molar-refractivity contribution in [2.45, 2.75) is 13.3 Å². The number of carboxylic acid groups (broad SMARTS) is 1. The first-order valence-electron chi connectivity index (χ1n) is 4.33. The summed E-state index contributed by atoms with van der Waals surface area (Å²) < 4.78 is 12.8. The number of benzene rings is 1. The summed E-state index contributed by atoms with van der Waals surface area (Å²) in [5, 5.41) is 8.58. The van der Waals surface area contributed by atoms with E-state index in [4.69, 9.17) is 5.11 Å². The molecule has 14 heavy (non-hydrogen) atoms. The largest absolute Gasteiger partial charge is 0.478 e. The van der Waals surface area contributed by atoms with Crippen molar-refractivity contribution in [2.24, 2.45) is 0 Å². The van der Waals surface area contributed by atoms with Gasteiger partial charge in [-0.25, -0.2) is 9.18 Å². The van der Waals surface area contributed by atoms with Crippen LogP contribution in [-0.2, 0) is 4.79 Å². The van der Waals surface area contributed by atoms with Crippen molar-refractivity contribution in [3.63, 3.8) is 0 Å². The van der Waals surface area contributed by atoms with Crippen molar-refractivity contribution >= 4 is 11.5 Å². The summed E-state index contributed by atoms with van der Waals surface area (Å²) in [6.07, 6.45) is 1.67. The van der Waals surface area contributed by atoms with Gasteiger partial charge in [0, 0.05) is 6.08 Å². The fraction of sp³-hybridized carbons (Fsp3) is 0.182. The minimum absolute atomic E-state index is 0.354. The van der Waals surface area contributed by atoms with Gasteiger partial charge < -0.3 is 5.11 Å². The molecule has 0 aliphatic rings. The molecule has 0 aromatic heterocycles. The van der Waals surface area contributed by atoms with Gasteiger partial charge in [0.1, 0.15) is 5.82 Å². The van der Waals surface area contributed by atoms with Gasteiger partial charge in [-0.2, -0.15) is 0 Å². The second kappa shape index (κ2) is 4.56. The molecule has 1 aromatic rings. The third-order valence-corrected chi connectivity index (χ3v) is 1.87. The molecule has 1 N–H and O–H groups in total. The lowest BCUT2D eigenvalue weighted by Crippen LogP contribution is -1.92. The van der Waals surface area contributed by atoms with Crippen molar-refractivity contribution in [3.8, 4) is 0 Å². The van der Waals surface area contributed by atoms with Gasteiger partial charge in [0.15, 0.2) is 0 Å². The van der Waals surface area contributed by atoms with Crippen molar-refractivity contribution < 1.29 is 14.3 Å². The first kappa shape index (κ1) is 10.4. The number of allylic oxidation sites excluding steroid dienone is 1. The second-order valence-corrected chi connectivity index (χ2v) is 2.87. The van der Waals surface area contributed by atoms with Crippen LogP contribution in [0.2, 0.25) is 0 Å². The summed E-state index contributed by atoms with van der Waals surface area (Å²) in [5.41, 5.74) is 1.24. The molecule has 0 spiro atoms.